The van der Waals surface area contributed by atoms with Crippen molar-refractivity contribution < 1.29 is 4.74 Å². The molecule has 0 heterocycles. The molecular formula is C13H21NO. The summed E-state index contributed by atoms with van der Waals surface area (Å²) in [4.78, 5) is 0. The van der Waals surface area contributed by atoms with Gasteiger partial charge in [-0.25, -0.2) is 0 Å². The minimum absolute atomic E-state index is 0.0939. The fourth-order valence-electron chi connectivity index (χ4n) is 1.69. The Balaban J connectivity index is 2.65. The normalized spacial score (nSPS) is 12.8. The van der Waals surface area contributed by atoms with E-state index in [4.69, 9.17) is 10.5 Å². The number of hydrogen-bond acceptors (Lipinski definition) is 2. The zero-order chi connectivity index (χ0) is 11.3. The van der Waals surface area contributed by atoms with Crippen molar-refractivity contribution >= 4 is 0 Å². The van der Waals surface area contributed by atoms with Crippen molar-refractivity contribution in [3.8, 4) is 0 Å². The number of ether oxygens (including phenoxy) is 1. The van der Waals surface area contributed by atoms with Crippen LogP contribution in [0.25, 0.3) is 0 Å². The molecule has 0 aliphatic carbocycles. The van der Waals surface area contributed by atoms with Crippen LogP contribution in [-0.2, 0) is 4.74 Å². The van der Waals surface area contributed by atoms with Crippen LogP contribution >= 0.6 is 0 Å². The molecule has 0 aliphatic rings. The first-order valence-electron chi connectivity index (χ1n) is 5.56. The summed E-state index contributed by atoms with van der Waals surface area (Å²) < 4.78 is 5.32. The Morgan fingerprint density at radius 3 is 2.73 bits per heavy atom. The third-order valence-electron chi connectivity index (χ3n) is 2.82. The summed E-state index contributed by atoms with van der Waals surface area (Å²) in [6, 6.07) is 6.39. The van der Waals surface area contributed by atoms with E-state index in [0.717, 1.165) is 19.6 Å². The van der Waals surface area contributed by atoms with Crippen LogP contribution in [0.2, 0.25) is 0 Å². The standard InChI is InChI=1S/C13H21NO/c1-4-15-9-8-13(14)12-7-5-6-10(2)11(12)3/h5-7,13H,4,8-9,14H2,1-3H3. The number of rotatable bonds is 5. The smallest absolute Gasteiger partial charge is 0.0483 e. The average molecular weight is 207 g/mol. The first-order valence-corrected chi connectivity index (χ1v) is 5.56. The molecule has 84 valence electrons. The molecule has 0 bridgehead atoms. The topological polar surface area (TPSA) is 35.2 Å². The van der Waals surface area contributed by atoms with Crippen LogP contribution < -0.4 is 5.73 Å². The molecule has 15 heavy (non-hydrogen) atoms. The SMILES string of the molecule is CCOCCC(N)c1cccc(C)c1C. The zero-order valence-electron chi connectivity index (χ0n) is 9.92. The summed E-state index contributed by atoms with van der Waals surface area (Å²) in [6.07, 6.45) is 0.887. The van der Waals surface area contributed by atoms with E-state index in [9.17, 15) is 0 Å². The van der Waals surface area contributed by atoms with Gasteiger partial charge in [-0.1, -0.05) is 18.2 Å². The first-order chi connectivity index (χ1) is 7.16. The molecule has 0 fully saturated rings. The fourth-order valence-corrected chi connectivity index (χ4v) is 1.69. The highest BCUT2D eigenvalue weighted by molar-refractivity contribution is 5.35. The van der Waals surface area contributed by atoms with Crippen LogP contribution in [0.15, 0.2) is 18.2 Å². The molecule has 1 unspecified atom stereocenters. The third-order valence-corrected chi connectivity index (χ3v) is 2.82. The summed E-state index contributed by atoms with van der Waals surface area (Å²) in [5.74, 6) is 0. The first kappa shape index (κ1) is 12.2. The molecule has 0 saturated carbocycles. The zero-order valence-corrected chi connectivity index (χ0v) is 9.92. The van der Waals surface area contributed by atoms with Crippen LogP contribution in [0.3, 0.4) is 0 Å². The number of nitrogens with two attached hydrogens (primary N) is 1. The lowest BCUT2D eigenvalue weighted by atomic mass is 9.96. The van der Waals surface area contributed by atoms with Crippen molar-refractivity contribution in [2.24, 2.45) is 5.73 Å². The number of benzene rings is 1. The highest BCUT2D eigenvalue weighted by Crippen LogP contribution is 2.20. The lowest BCUT2D eigenvalue weighted by Gasteiger charge is -2.16. The molecule has 2 N–H and O–H groups in total. The molecular weight excluding hydrogens is 186 g/mol. The minimum atomic E-state index is 0.0939. The maximum atomic E-state index is 6.13. The van der Waals surface area contributed by atoms with Crippen LogP contribution in [0.4, 0.5) is 0 Å². The van der Waals surface area contributed by atoms with Gasteiger partial charge in [0.2, 0.25) is 0 Å². The van der Waals surface area contributed by atoms with E-state index in [2.05, 4.69) is 32.0 Å². The second kappa shape index (κ2) is 5.89. The minimum Gasteiger partial charge on any atom is -0.382 e. The Kier molecular flexibility index (Phi) is 4.79. The van der Waals surface area contributed by atoms with Gasteiger partial charge < -0.3 is 10.5 Å². The highest BCUT2D eigenvalue weighted by Gasteiger charge is 2.09. The van der Waals surface area contributed by atoms with E-state index in [-0.39, 0.29) is 6.04 Å². The molecule has 1 atom stereocenters. The monoisotopic (exact) mass is 207 g/mol. The molecule has 1 rings (SSSR count). The Hall–Kier alpha value is -0.860. The molecule has 0 saturated heterocycles. The molecule has 2 nitrogen and oxygen atoms in total. The van der Waals surface area contributed by atoms with Crippen LogP contribution in [0.5, 0.6) is 0 Å². The van der Waals surface area contributed by atoms with Gasteiger partial charge in [0, 0.05) is 19.3 Å². The van der Waals surface area contributed by atoms with E-state index < -0.39 is 0 Å². The maximum Gasteiger partial charge on any atom is 0.0483 e. The summed E-state index contributed by atoms with van der Waals surface area (Å²) in [5, 5.41) is 0. The van der Waals surface area contributed by atoms with Crippen molar-refractivity contribution in [1.29, 1.82) is 0 Å². The van der Waals surface area contributed by atoms with E-state index in [0.29, 0.717) is 0 Å². The highest BCUT2D eigenvalue weighted by atomic mass is 16.5. The van der Waals surface area contributed by atoms with Crippen LogP contribution in [0.1, 0.15) is 36.1 Å². The second-order valence-electron chi connectivity index (χ2n) is 3.88. The molecule has 0 aliphatic heterocycles. The summed E-state index contributed by atoms with van der Waals surface area (Å²) >= 11 is 0. The molecule has 1 aromatic rings. The molecule has 2 heteroatoms. The van der Waals surface area contributed by atoms with Gasteiger partial charge in [0.1, 0.15) is 0 Å². The van der Waals surface area contributed by atoms with Crippen molar-refractivity contribution in [3.63, 3.8) is 0 Å². The van der Waals surface area contributed by atoms with Gasteiger partial charge in [0.05, 0.1) is 0 Å². The molecule has 0 radical (unpaired) electrons. The Morgan fingerprint density at radius 1 is 1.33 bits per heavy atom. The second-order valence-corrected chi connectivity index (χ2v) is 3.88. The largest absolute Gasteiger partial charge is 0.382 e. The third kappa shape index (κ3) is 3.33. The maximum absolute atomic E-state index is 6.13. The van der Waals surface area contributed by atoms with Crippen molar-refractivity contribution in [2.45, 2.75) is 33.2 Å². The van der Waals surface area contributed by atoms with Gasteiger partial charge in [0.15, 0.2) is 0 Å². The van der Waals surface area contributed by atoms with Gasteiger partial charge in [-0.3, -0.25) is 0 Å². The quantitative estimate of drug-likeness (QED) is 0.753. The Labute approximate surface area is 92.4 Å². The predicted octanol–water partition coefficient (Wildman–Crippen LogP) is 2.73. The van der Waals surface area contributed by atoms with Gasteiger partial charge in [0.25, 0.3) is 0 Å². The van der Waals surface area contributed by atoms with Gasteiger partial charge in [-0.15, -0.1) is 0 Å². The van der Waals surface area contributed by atoms with Crippen molar-refractivity contribution in [2.75, 3.05) is 13.2 Å². The lowest BCUT2D eigenvalue weighted by molar-refractivity contribution is 0.140. The van der Waals surface area contributed by atoms with E-state index >= 15 is 0 Å². The van der Waals surface area contributed by atoms with E-state index in [1.807, 2.05) is 6.92 Å². The summed E-state index contributed by atoms with van der Waals surface area (Å²) in [6.45, 7) is 7.76. The molecule has 0 aromatic heterocycles. The Bertz CT molecular complexity index is 309. The van der Waals surface area contributed by atoms with Gasteiger partial charge in [-0.2, -0.15) is 0 Å². The van der Waals surface area contributed by atoms with Gasteiger partial charge in [-0.05, 0) is 43.9 Å². The van der Waals surface area contributed by atoms with Crippen LogP contribution in [-0.4, -0.2) is 13.2 Å². The van der Waals surface area contributed by atoms with Crippen LogP contribution in [0, 0.1) is 13.8 Å². The van der Waals surface area contributed by atoms with E-state index in [1.165, 1.54) is 16.7 Å². The summed E-state index contributed by atoms with van der Waals surface area (Å²) in [5.41, 5.74) is 9.98. The predicted molar refractivity (Wildman–Crippen MR) is 64.0 cm³/mol. The van der Waals surface area contributed by atoms with Gasteiger partial charge >= 0.3 is 0 Å². The number of hydrogen-bond donors (Lipinski definition) is 1. The molecule has 1 aromatic carbocycles. The van der Waals surface area contributed by atoms with Crippen molar-refractivity contribution in [1.82, 2.24) is 0 Å². The number of aryl methyl sites for hydroxylation is 1. The van der Waals surface area contributed by atoms with E-state index in [1.54, 1.807) is 0 Å². The van der Waals surface area contributed by atoms with Crippen molar-refractivity contribution in [3.05, 3.63) is 34.9 Å². The molecule has 0 amide bonds. The Morgan fingerprint density at radius 2 is 2.07 bits per heavy atom. The fraction of sp³-hybridized carbons (Fsp3) is 0.538. The average Bonchev–Trinajstić information content (AvgIpc) is 2.22. The summed E-state index contributed by atoms with van der Waals surface area (Å²) in [7, 11) is 0. The molecule has 0 spiro atoms. The lowest BCUT2D eigenvalue weighted by Crippen LogP contribution is -2.14.